The molecule has 1 atom stereocenters. The molecule has 2 aliphatic rings. The lowest BCUT2D eigenvalue weighted by atomic mass is 9.88. The molecular formula is C19H31N3O3. The Labute approximate surface area is 150 Å². The molecule has 0 bridgehead atoms. The van der Waals surface area contributed by atoms with Gasteiger partial charge in [0.25, 0.3) is 0 Å². The number of hydrogen-bond donors (Lipinski definition) is 0. The van der Waals surface area contributed by atoms with E-state index in [0.29, 0.717) is 18.1 Å². The molecule has 2 saturated heterocycles. The summed E-state index contributed by atoms with van der Waals surface area (Å²) in [5.41, 5.74) is 0.829. The fraction of sp³-hybridized carbons (Fsp3) is 0.789. The molecule has 3 heterocycles. The van der Waals surface area contributed by atoms with Crippen LogP contribution in [0.4, 0.5) is 0 Å². The van der Waals surface area contributed by atoms with Gasteiger partial charge in [0.2, 0.25) is 5.91 Å². The average molecular weight is 349 g/mol. The first-order valence-corrected chi connectivity index (χ1v) is 9.47. The molecule has 6 heteroatoms. The van der Waals surface area contributed by atoms with Crippen molar-refractivity contribution >= 4 is 5.91 Å². The number of carbonyl (C=O) groups is 1. The van der Waals surface area contributed by atoms with Crippen LogP contribution in [0.5, 0.6) is 0 Å². The van der Waals surface area contributed by atoms with Gasteiger partial charge in [-0.15, -0.1) is 0 Å². The highest BCUT2D eigenvalue weighted by Gasteiger charge is 2.30. The number of aryl methyl sites for hydroxylation is 1. The number of aromatic nitrogens is 1. The minimum Gasteiger partial charge on any atom is -0.376 e. The molecule has 6 nitrogen and oxygen atoms in total. The van der Waals surface area contributed by atoms with Gasteiger partial charge in [0.15, 0.2) is 0 Å². The Morgan fingerprint density at radius 2 is 2.16 bits per heavy atom. The highest BCUT2D eigenvalue weighted by molar-refractivity contribution is 5.78. The summed E-state index contributed by atoms with van der Waals surface area (Å²) in [6, 6.07) is 1.84. The van der Waals surface area contributed by atoms with E-state index in [9.17, 15) is 4.79 Å². The molecule has 0 saturated carbocycles. The highest BCUT2D eigenvalue weighted by atomic mass is 16.5. The summed E-state index contributed by atoms with van der Waals surface area (Å²) in [5.74, 6) is 1.50. The SMILES string of the molecule is Cc1cc(CC(=O)N2CCCN(CC3CCOC(C)(C)C3)CC2)on1. The maximum atomic E-state index is 12.5. The Morgan fingerprint density at radius 3 is 2.88 bits per heavy atom. The molecule has 1 aromatic rings. The maximum Gasteiger partial charge on any atom is 0.230 e. The second-order valence-corrected chi connectivity index (χ2v) is 8.11. The third-order valence-electron chi connectivity index (χ3n) is 5.26. The first-order valence-electron chi connectivity index (χ1n) is 9.47. The number of hydrogen-bond acceptors (Lipinski definition) is 5. The predicted molar refractivity (Wildman–Crippen MR) is 95.3 cm³/mol. The summed E-state index contributed by atoms with van der Waals surface area (Å²) in [6.45, 7) is 11.9. The minimum atomic E-state index is 0.00593. The van der Waals surface area contributed by atoms with E-state index >= 15 is 0 Å². The zero-order valence-corrected chi connectivity index (χ0v) is 15.8. The van der Waals surface area contributed by atoms with Crippen molar-refractivity contribution < 1.29 is 14.1 Å². The molecule has 1 amide bonds. The van der Waals surface area contributed by atoms with Crippen LogP contribution in [0.1, 0.15) is 44.6 Å². The fourth-order valence-corrected chi connectivity index (χ4v) is 4.04. The average Bonchev–Trinajstić information content (AvgIpc) is 2.80. The van der Waals surface area contributed by atoms with Gasteiger partial charge in [-0.05, 0) is 52.5 Å². The number of rotatable bonds is 4. The van der Waals surface area contributed by atoms with Crippen LogP contribution in [0.25, 0.3) is 0 Å². The van der Waals surface area contributed by atoms with Crippen molar-refractivity contribution in [2.24, 2.45) is 5.92 Å². The van der Waals surface area contributed by atoms with Crippen LogP contribution in [0.3, 0.4) is 0 Å². The van der Waals surface area contributed by atoms with Crippen molar-refractivity contribution in [2.75, 3.05) is 39.3 Å². The van der Waals surface area contributed by atoms with E-state index in [1.807, 2.05) is 17.9 Å². The molecule has 25 heavy (non-hydrogen) atoms. The van der Waals surface area contributed by atoms with Gasteiger partial charge in [-0.3, -0.25) is 4.79 Å². The number of nitrogens with zero attached hydrogens (tertiary/aromatic N) is 3. The summed E-state index contributed by atoms with van der Waals surface area (Å²) in [5, 5.41) is 3.86. The molecule has 0 N–H and O–H groups in total. The van der Waals surface area contributed by atoms with Crippen molar-refractivity contribution in [3.8, 4) is 0 Å². The van der Waals surface area contributed by atoms with Crippen LogP contribution >= 0.6 is 0 Å². The van der Waals surface area contributed by atoms with Gasteiger partial charge in [0.05, 0.1) is 17.7 Å². The molecule has 0 spiro atoms. The van der Waals surface area contributed by atoms with E-state index in [-0.39, 0.29) is 11.5 Å². The van der Waals surface area contributed by atoms with Gasteiger partial charge in [-0.1, -0.05) is 5.16 Å². The third kappa shape index (κ3) is 5.28. The first-order chi connectivity index (χ1) is 11.9. The largest absolute Gasteiger partial charge is 0.376 e. The summed E-state index contributed by atoms with van der Waals surface area (Å²) >= 11 is 0. The molecular weight excluding hydrogens is 318 g/mol. The third-order valence-corrected chi connectivity index (χ3v) is 5.26. The standard InChI is InChI=1S/C19H31N3O3/c1-15-11-17(25-20-15)12-18(23)22-7-4-6-21(8-9-22)14-16-5-10-24-19(2,3)13-16/h11,16H,4-10,12-14H2,1-3H3. The van der Waals surface area contributed by atoms with Crippen molar-refractivity contribution in [1.29, 1.82) is 0 Å². The lowest BCUT2D eigenvalue weighted by molar-refractivity contribution is -0.130. The van der Waals surface area contributed by atoms with Crippen molar-refractivity contribution in [3.05, 3.63) is 17.5 Å². The lowest BCUT2D eigenvalue weighted by Gasteiger charge is -2.37. The van der Waals surface area contributed by atoms with Crippen molar-refractivity contribution in [3.63, 3.8) is 0 Å². The maximum absolute atomic E-state index is 12.5. The van der Waals surface area contributed by atoms with Crippen LogP contribution < -0.4 is 0 Å². The van der Waals surface area contributed by atoms with E-state index in [1.54, 1.807) is 0 Å². The zero-order valence-electron chi connectivity index (χ0n) is 15.8. The molecule has 2 aliphatic heterocycles. The van der Waals surface area contributed by atoms with Crippen molar-refractivity contribution in [1.82, 2.24) is 15.0 Å². The van der Waals surface area contributed by atoms with Crippen LogP contribution in [-0.4, -0.2) is 65.8 Å². The molecule has 0 aliphatic carbocycles. The Hall–Kier alpha value is -1.40. The van der Waals surface area contributed by atoms with Crippen LogP contribution in [0.15, 0.2) is 10.6 Å². The number of carbonyl (C=O) groups excluding carboxylic acids is 1. The van der Waals surface area contributed by atoms with Gasteiger partial charge >= 0.3 is 0 Å². The summed E-state index contributed by atoms with van der Waals surface area (Å²) in [4.78, 5) is 17.0. The second kappa shape index (κ2) is 7.87. The predicted octanol–water partition coefficient (Wildman–Crippen LogP) is 2.27. The molecule has 140 valence electrons. The van der Waals surface area contributed by atoms with E-state index in [0.717, 1.165) is 64.3 Å². The van der Waals surface area contributed by atoms with E-state index in [4.69, 9.17) is 9.26 Å². The summed E-state index contributed by atoms with van der Waals surface area (Å²) in [6.07, 6.45) is 3.62. The Bertz CT molecular complexity index is 584. The smallest absolute Gasteiger partial charge is 0.230 e. The Morgan fingerprint density at radius 1 is 1.32 bits per heavy atom. The fourth-order valence-electron chi connectivity index (χ4n) is 4.04. The normalized spacial score (nSPS) is 24.9. The Kier molecular flexibility index (Phi) is 5.79. The van der Waals surface area contributed by atoms with Crippen LogP contribution in [-0.2, 0) is 16.0 Å². The molecule has 3 rings (SSSR count). The van der Waals surface area contributed by atoms with Crippen molar-refractivity contribution in [2.45, 2.75) is 52.1 Å². The van der Waals surface area contributed by atoms with Gasteiger partial charge in [-0.2, -0.15) is 0 Å². The van der Waals surface area contributed by atoms with E-state index in [2.05, 4.69) is 23.9 Å². The van der Waals surface area contributed by atoms with Gasteiger partial charge in [0.1, 0.15) is 5.76 Å². The van der Waals surface area contributed by atoms with Gasteiger partial charge in [-0.25, -0.2) is 0 Å². The number of ether oxygens (including phenoxy) is 1. The summed E-state index contributed by atoms with van der Waals surface area (Å²) in [7, 11) is 0. The molecule has 2 fully saturated rings. The van der Waals surface area contributed by atoms with E-state index in [1.165, 1.54) is 0 Å². The minimum absolute atomic E-state index is 0.00593. The molecule has 1 unspecified atom stereocenters. The molecule has 0 radical (unpaired) electrons. The van der Waals surface area contributed by atoms with Gasteiger partial charge in [0, 0.05) is 38.9 Å². The summed E-state index contributed by atoms with van der Waals surface area (Å²) < 4.78 is 11.0. The Balaban J connectivity index is 1.47. The number of amides is 1. The van der Waals surface area contributed by atoms with E-state index < -0.39 is 0 Å². The zero-order chi connectivity index (χ0) is 17.9. The molecule has 1 aromatic heterocycles. The van der Waals surface area contributed by atoms with Crippen LogP contribution in [0, 0.1) is 12.8 Å². The van der Waals surface area contributed by atoms with Crippen LogP contribution in [0.2, 0.25) is 0 Å². The highest BCUT2D eigenvalue weighted by Crippen LogP contribution is 2.29. The second-order valence-electron chi connectivity index (χ2n) is 8.11. The van der Waals surface area contributed by atoms with Gasteiger partial charge < -0.3 is 19.1 Å². The topological polar surface area (TPSA) is 58.8 Å². The first kappa shape index (κ1) is 18.4. The quantitative estimate of drug-likeness (QED) is 0.834. The monoisotopic (exact) mass is 349 g/mol. The molecule has 0 aromatic carbocycles. The lowest BCUT2D eigenvalue weighted by Crippen LogP contribution is -2.41.